The van der Waals surface area contributed by atoms with Gasteiger partial charge >= 0.3 is 18.2 Å². The summed E-state index contributed by atoms with van der Waals surface area (Å²) in [5.41, 5.74) is 0.788. The summed E-state index contributed by atoms with van der Waals surface area (Å²) in [5.74, 6) is -1.51. The number of carboxylic acids is 1. The number of carbonyl (C=O) groups excluding carboxylic acids is 1. The molecule has 1 rings (SSSR count). The molecule has 21 heavy (non-hydrogen) atoms. The summed E-state index contributed by atoms with van der Waals surface area (Å²) in [5, 5.41) is 14.7. The largest absolute Gasteiger partial charge is 0.480 e. The Morgan fingerprint density at radius 3 is 2.62 bits per heavy atom. The van der Waals surface area contributed by atoms with Crippen molar-refractivity contribution in [2.75, 3.05) is 19.6 Å². The highest BCUT2D eigenvalue weighted by atomic mass is 19.4. The van der Waals surface area contributed by atoms with Crippen LogP contribution in [0.3, 0.4) is 0 Å². The van der Waals surface area contributed by atoms with Crippen LogP contribution >= 0.6 is 0 Å². The van der Waals surface area contributed by atoms with Crippen LogP contribution in [0.25, 0.3) is 0 Å². The lowest BCUT2D eigenvalue weighted by molar-refractivity contribution is -0.148. The van der Waals surface area contributed by atoms with Crippen LogP contribution in [0.5, 0.6) is 0 Å². The molecule has 0 spiro atoms. The minimum Gasteiger partial charge on any atom is -0.480 e. The van der Waals surface area contributed by atoms with Crippen molar-refractivity contribution < 1.29 is 27.9 Å². The monoisotopic (exact) mass is 308 g/mol. The number of aliphatic carboxylic acids is 1. The molecular formula is C11H15F3N4O3. The third kappa shape index (κ3) is 6.15. The molecule has 0 saturated heterocycles. The van der Waals surface area contributed by atoms with E-state index in [-0.39, 0.29) is 11.4 Å². The summed E-state index contributed by atoms with van der Waals surface area (Å²) in [6, 6.07) is 0.633. The molecule has 0 unspecified atom stereocenters. The summed E-state index contributed by atoms with van der Waals surface area (Å²) >= 11 is 0. The van der Waals surface area contributed by atoms with Gasteiger partial charge in [0.25, 0.3) is 0 Å². The Hall–Kier alpha value is -2.26. The van der Waals surface area contributed by atoms with Gasteiger partial charge in [-0.25, -0.2) is 4.79 Å². The Morgan fingerprint density at radius 1 is 1.48 bits per heavy atom. The molecule has 10 heteroatoms. The van der Waals surface area contributed by atoms with Gasteiger partial charge in [-0.3, -0.25) is 9.48 Å². The lowest BCUT2D eigenvalue weighted by Gasteiger charge is -2.22. The molecule has 0 atom stereocenters. The van der Waals surface area contributed by atoms with Gasteiger partial charge in [-0.2, -0.15) is 18.3 Å². The number of hydrogen-bond donors (Lipinski definition) is 2. The number of aromatic nitrogens is 2. The molecule has 0 aliphatic rings. The van der Waals surface area contributed by atoms with Crippen LogP contribution in [0, 0.1) is 0 Å². The number of carboxylic acid groups (broad SMARTS) is 1. The van der Waals surface area contributed by atoms with E-state index in [4.69, 9.17) is 5.11 Å². The van der Waals surface area contributed by atoms with E-state index in [9.17, 15) is 22.8 Å². The van der Waals surface area contributed by atoms with Gasteiger partial charge in [0.2, 0.25) is 0 Å². The summed E-state index contributed by atoms with van der Waals surface area (Å²) in [7, 11) is 1.69. The number of carbonyl (C=O) groups is 2. The maximum atomic E-state index is 12.3. The zero-order valence-corrected chi connectivity index (χ0v) is 11.2. The predicted octanol–water partition coefficient (Wildman–Crippen LogP) is 0.621. The molecule has 0 radical (unpaired) electrons. The minimum atomic E-state index is -4.66. The van der Waals surface area contributed by atoms with Crippen LogP contribution in [-0.4, -0.2) is 57.6 Å². The smallest absolute Gasteiger partial charge is 0.406 e. The van der Waals surface area contributed by atoms with Crippen LogP contribution in [-0.2, 0) is 18.3 Å². The Balaban J connectivity index is 2.52. The first kappa shape index (κ1) is 16.8. The molecule has 118 valence electrons. The third-order valence-corrected chi connectivity index (χ3v) is 2.56. The van der Waals surface area contributed by atoms with Crippen LogP contribution < -0.4 is 5.32 Å². The zero-order chi connectivity index (χ0) is 16.0. The SMILES string of the molecule is Cn1nccc1CCNC(=O)N(CC(=O)O)CC(F)(F)F. The first-order chi connectivity index (χ1) is 9.69. The van der Waals surface area contributed by atoms with Gasteiger partial charge in [0.15, 0.2) is 0 Å². The normalized spacial score (nSPS) is 11.2. The molecule has 0 saturated carbocycles. The molecule has 0 aliphatic carbocycles. The van der Waals surface area contributed by atoms with E-state index in [0.29, 0.717) is 6.42 Å². The van der Waals surface area contributed by atoms with Gasteiger partial charge in [0.1, 0.15) is 13.1 Å². The summed E-state index contributed by atoms with van der Waals surface area (Å²) in [6.07, 6.45) is -2.73. The first-order valence-electron chi connectivity index (χ1n) is 5.97. The van der Waals surface area contributed by atoms with E-state index in [0.717, 1.165) is 5.69 Å². The molecule has 1 heterocycles. The van der Waals surface area contributed by atoms with Crippen molar-refractivity contribution in [1.82, 2.24) is 20.0 Å². The molecule has 0 fully saturated rings. The molecule has 7 nitrogen and oxygen atoms in total. The van der Waals surface area contributed by atoms with Gasteiger partial charge in [-0.15, -0.1) is 0 Å². The first-order valence-corrected chi connectivity index (χ1v) is 5.97. The molecule has 1 aromatic rings. The maximum Gasteiger partial charge on any atom is 0.406 e. The second-order valence-electron chi connectivity index (χ2n) is 4.29. The number of amides is 2. The third-order valence-electron chi connectivity index (χ3n) is 2.56. The second-order valence-corrected chi connectivity index (χ2v) is 4.29. The van der Waals surface area contributed by atoms with E-state index in [2.05, 4.69) is 10.4 Å². The highest BCUT2D eigenvalue weighted by molar-refractivity contribution is 5.80. The fourth-order valence-corrected chi connectivity index (χ4v) is 1.64. The molecule has 1 aromatic heterocycles. The second kappa shape index (κ2) is 6.95. The van der Waals surface area contributed by atoms with Gasteiger partial charge in [-0.1, -0.05) is 0 Å². The Kier molecular flexibility index (Phi) is 5.56. The van der Waals surface area contributed by atoms with Crippen LogP contribution in [0.15, 0.2) is 12.3 Å². The van der Waals surface area contributed by atoms with Crippen molar-refractivity contribution in [3.05, 3.63) is 18.0 Å². The summed E-state index contributed by atoms with van der Waals surface area (Å²) in [4.78, 5) is 22.3. The number of hydrogen-bond acceptors (Lipinski definition) is 3. The number of alkyl halides is 3. The van der Waals surface area contributed by atoms with Crippen LogP contribution in [0.4, 0.5) is 18.0 Å². The van der Waals surface area contributed by atoms with Gasteiger partial charge in [0, 0.05) is 31.9 Å². The van der Waals surface area contributed by atoms with Gasteiger partial charge < -0.3 is 15.3 Å². The average Bonchev–Trinajstić information content (AvgIpc) is 2.72. The van der Waals surface area contributed by atoms with E-state index in [1.54, 1.807) is 24.0 Å². The van der Waals surface area contributed by atoms with Crippen LogP contribution in [0.1, 0.15) is 5.69 Å². The summed E-state index contributed by atoms with van der Waals surface area (Å²) in [6.45, 7) is -2.56. The van der Waals surface area contributed by atoms with E-state index >= 15 is 0 Å². The van der Waals surface area contributed by atoms with Crippen LogP contribution in [0.2, 0.25) is 0 Å². The van der Waals surface area contributed by atoms with E-state index in [1.165, 1.54) is 0 Å². The number of rotatable bonds is 6. The highest BCUT2D eigenvalue weighted by Crippen LogP contribution is 2.16. The molecule has 2 amide bonds. The van der Waals surface area contributed by atoms with E-state index in [1.807, 2.05) is 0 Å². The lowest BCUT2D eigenvalue weighted by Crippen LogP contribution is -2.47. The topological polar surface area (TPSA) is 87.5 Å². The molecule has 0 bridgehead atoms. The predicted molar refractivity (Wildman–Crippen MR) is 65.6 cm³/mol. The number of halogens is 3. The number of nitrogens with zero attached hydrogens (tertiary/aromatic N) is 3. The van der Waals surface area contributed by atoms with Crippen molar-refractivity contribution in [2.45, 2.75) is 12.6 Å². The molecule has 0 aliphatic heterocycles. The standard InChI is InChI=1S/C11H15F3N4O3/c1-17-8(3-5-16-17)2-4-15-10(21)18(6-9(19)20)7-11(12,13)14/h3,5H,2,4,6-7H2,1H3,(H,15,21)(H,19,20). The highest BCUT2D eigenvalue weighted by Gasteiger charge is 2.33. The average molecular weight is 308 g/mol. The van der Waals surface area contributed by atoms with Crippen molar-refractivity contribution >= 4 is 12.0 Å². The lowest BCUT2D eigenvalue weighted by atomic mass is 10.3. The fraction of sp³-hybridized carbons (Fsp3) is 0.545. The van der Waals surface area contributed by atoms with Crippen molar-refractivity contribution in [1.29, 1.82) is 0 Å². The fourth-order valence-electron chi connectivity index (χ4n) is 1.64. The molecular weight excluding hydrogens is 293 g/mol. The Bertz CT molecular complexity index is 501. The van der Waals surface area contributed by atoms with Crippen molar-refractivity contribution in [2.24, 2.45) is 7.05 Å². The Morgan fingerprint density at radius 2 is 2.14 bits per heavy atom. The van der Waals surface area contributed by atoms with Crippen molar-refractivity contribution in [3.63, 3.8) is 0 Å². The molecule has 0 aromatic carbocycles. The molecule has 2 N–H and O–H groups in total. The minimum absolute atomic E-state index is 0.0757. The summed E-state index contributed by atoms with van der Waals surface area (Å²) < 4.78 is 38.4. The van der Waals surface area contributed by atoms with Crippen molar-refractivity contribution in [3.8, 4) is 0 Å². The quantitative estimate of drug-likeness (QED) is 0.806. The number of nitrogens with one attached hydrogen (secondary N) is 1. The number of aryl methyl sites for hydroxylation is 1. The Labute approximate surface area is 118 Å². The van der Waals surface area contributed by atoms with E-state index < -0.39 is 31.3 Å². The van der Waals surface area contributed by atoms with Gasteiger partial charge in [-0.05, 0) is 6.07 Å². The van der Waals surface area contributed by atoms with Gasteiger partial charge in [0.05, 0.1) is 0 Å². The zero-order valence-electron chi connectivity index (χ0n) is 11.2. The number of urea groups is 1. The maximum absolute atomic E-state index is 12.3.